The van der Waals surface area contributed by atoms with Crippen LogP contribution < -0.4 is 19.3 Å². The van der Waals surface area contributed by atoms with E-state index in [1.807, 2.05) is 68.4 Å². The molecule has 5 nitrogen and oxygen atoms in total. The van der Waals surface area contributed by atoms with Gasteiger partial charge in [-0.15, -0.1) is 0 Å². The van der Waals surface area contributed by atoms with Crippen molar-refractivity contribution >= 4 is 74.9 Å². The maximum Gasteiger partial charge on any atom is 0.270 e. The standard InChI is InChI=1S/C27H24Cl2N2O3S2/c1-4-33-23-14-18(13-22(29)25(23)34-16-17-5-7-19(28)8-6-17)15-24-26(32)31(27(35)36-24)21-11-9-20(10-12-21)30(2)3/h5-15H,4,16H2,1-3H3/b24-15+. The van der Waals surface area contributed by atoms with Gasteiger partial charge in [0.25, 0.3) is 5.91 Å². The van der Waals surface area contributed by atoms with Gasteiger partial charge in [0.2, 0.25) is 0 Å². The summed E-state index contributed by atoms with van der Waals surface area (Å²) in [5.74, 6) is 0.763. The van der Waals surface area contributed by atoms with E-state index in [2.05, 4.69) is 0 Å². The van der Waals surface area contributed by atoms with Gasteiger partial charge in [-0.1, -0.05) is 59.3 Å². The second kappa shape index (κ2) is 11.6. The largest absolute Gasteiger partial charge is 0.490 e. The highest BCUT2D eigenvalue weighted by molar-refractivity contribution is 8.27. The Labute approximate surface area is 230 Å². The van der Waals surface area contributed by atoms with Crippen LogP contribution in [0.4, 0.5) is 11.4 Å². The number of hydrogen-bond donors (Lipinski definition) is 0. The summed E-state index contributed by atoms with van der Waals surface area (Å²) < 4.78 is 12.3. The molecule has 1 heterocycles. The van der Waals surface area contributed by atoms with Crippen LogP contribution in [0, 0.1) is 0 Å². The lowest BCUT2D eigenvalue weighted by Gasteiger charge is -2.17. The van der Waals surface area contributed by atoms with E-state index in [0.717, 1.165) is 16.9 Å². The number of halogens is 2. The van der Waals surface area contributed by atoms with Crippen molar-refractivity contribution in [3.05, 3.63) is 86.7 Å². The number of rotatable bonds is 8. The number of benzene rings is 3. The molecule has 3 aromatic rings. The lowest BCUT2D eigenvalue weighted by atomic mass is 10.1. The number of anilines is 2. The number of nitrogens with zero attached hydrogens (tertiary/aromatic N) is 2. The highest BCUT2D eigenvalue weighted by atomic mass is 35.5. The zero-order chi connectivity index (χ0) is 25.8. The van der Waals surface area contributed by atoms with Crippen molar-refractivity contribution in [3.63, 3.8) is 0 Å². The molecule has 9 heteroatoms. The molecule has 1 amide bonds. The predicted molar refractivity (Wildman–Crippen MR) is 155 cm³/mol. The minimum absolute atomic E-state index is 0.181. The molecule has 0 aliphatic carbocycles. The van der Waals surface area contributed by atoms with Crippen LogP contribution in [0.5, 0.6) is 11.5 Å². The predicted octanol–water partition coefficient (Wildman–Crippen LogP) is 7.44. The summed E-state index contributed by atoms with van der Waals surface area (Å²) >= 11 is 19.3. The molecule has 186 valence electrons. The highest BCUT2D eigenvalue weighted by Crippen LogP contribution is 2.40. The molecule has 0 saturated carbocycles. The molecule has 1 saturated heterocycles. The number of hydrogen-bond acceptors (Lipinski definition) is 6. The summed E-state index contributed by atoms with van der Waals surface area (Å²) in [5, 5.41) is 1.04. The molecule has 0 radical (unpaired) electrons. The first-order valence-electron chi connectivity index (χ1n) is 11.2. The summed E-state index contributed by atoms with van der Waals surface area (Å²) in [7, 11) is 3.93. The van der Waals surface area contributed by atoms with Crippen LogP contribution >= 0.6 is 47.2 Å². The molecule has 36 heavy (non-hydrogen) atoms. The molecular weight excluding hydrogens is 535 g/mol. The minimum Gasteiger partial charge on any atom is -0.490 e. The van der Waals surface area contributed by atoms with E-state index in [-0.39, 0.29) is 5.91 Å². The fraction of sp³-hybridized carbons (Fsp3) is 0.185. The molecule has 0 spiro atoms. The van der Waals surface area contributed by atoms with Gasteiger partial charge in [-0.3, -0.25) is 9.69 Å². The second-order valence-corrected chi connectivity index (χ2v) is 10.6. The molecule has 0 unspecified atom stereocenters. The molecule has 0 aromatic heterocycles. The number of carbonyl (C=O) groups is 1. The smallest absolute Gasteiger partial charge is 0.270 e. The number of thioether (sulfide) groups is 1. The molecule has 1 aliphatic heterocycles. The van der Waals surface area contributed by atoms with Crippen LogP contribution in [0.2, 0.25) is 10.0 Å². The fourth-order valence-corrected chi connectivity index (χ4v) is 5.25. The molecule has 0 bridgehead atoms. The van der Waals surface area contributed by atoms with Crippen molar-refractivity contribution in [1.82, 2.24) is 0 Å². The Morgan fingerprint density at radius 1 is 1.03 bits per heavy atom. The number of ether oxygens (including phenoxy) is 2. The Hall–Kier alpha value is -2.71. The van der Waals surface area contributed by atoms with Crippen molar-refractivity contribution in [2.24, 2.45) is 0 Å². The third-order valence-corrected chi connectivity index (χ3v) is 7.18. The van der Waals surface area contributed by atoms with Gasteiger partial charge in [0.05, 0.1) is 22.2 Å². The lowest BCUT2D eigenvalue weighted by molar-refractivity contribution is -0.113. The van der Waals surface area contributed by atoms with E-state index in [0.29, 0.717) is 49.5 Å². The van der Waals surface area contributed by atoms with Gasteiger partial charge < -0.3 is 14.4 Å². The number of carbonyl (C=O) groups excluding carboxylic acids is 1. The first kappa shape index (κ1) is 26.4. The Morgan fingerprint density at radius 3 is 2.36 bits per heavy atom. The van der Waals surface area contributed by atoms with Crippen LogP contribution in [0.25, 0.3) is 6.08 Å². The molecule has 3 aromatic carbocycles. The van der Waals surface area contributed by atoms with E-state index >= 15 is 0 Å². The van der Waals surface area contributed by atoms with Gasteiger partial charge in [0, 0.05) is 24.8 Å². The zero-order valence-corrected chi connectivity index (χ0v) is 23.1. The topological polar surface area (TPSA) is 42.0 Å². The molecule has 0 atom stereocenters. The van der Waals surface area contributed by atoms with Crippen LogP contribution in [0.3, 0.4) is 0 Å². The summed E-state index contributed by atoms with van der Waals surface area (Å²) in [6, 6.07) is 18.6. The van der Waals surface area contributed by atoms with E-state index in [9.17, 15) is 4.79 Å². The molecule has 1 aliphatic rings. The molecular formula is C27H24Cl2N2O3S2. The van der Waals surface area contributed by atoms with Crippen LogP contribution in [-0.4, -0.2) is 30.9 Å². The monoisotopic (exact) mass is 558 g/mol. The molecule has 4 rings (SSSR count). The third-order valence-electron chi connectivity index (χ3n) is 5.34. The lowest BCUT2D eigenvalue weighted by Crippen LogP contribution is -2.27. The van der Waals surface area contributed by atoms with E-state index in [4.69, 9.17) is 44.9 Å². The quantitative estimate of drug-likeness (QED) is 0.211. The van der Waals surface area contributed by atoms with Crippen LogP contribution in [-0.2, 0) is 11.4 Å². The minimum atomic E-state index is -0.181. The zero-order valence-electron chi connectivity index (χ0n) is 20.0. The summed E-state index contributed by atoms with van der Waals surface area (Å²) in [5.41, 5.74) is 3.43. The fourth-order valence-electron chi connectivity index (χ4n) is 3.55. The Morgan fingerprint density at radius 2 is 1.72 bits per heavy atom. The van der Waals surface area contributed by atoms with Gasteiger partial charge in [0.15, 0.2) is 15.8 Å². The molecule has 0 N–H and O–H groups in total. The van der Waals surface area contributed by atoms with Crippen molar-refractivity contribution in [3.8, 4) is 11.5 Å². The van der Waals surface area contributed by atoms with E-state index in [1.165, 1.54) is 11.8 Å². The first-order valence-corrected chi connectivity index (χ1v) is 13.1. The van der Waals surface area contributed by atoms with Crippen molar-refractivity contribution in [2.75, 3.05) is 30.5 Å². The van der Waals surface area contributed by atoms with Crippen LogP contribution in [0.1, 0.15) is 18.1 Å². The summed E-state index contributed by atoms with van der Waals surface area (Å²) in [6.07, 6.45) is 1.77. The van der Waals surface area contributed by atoms with Crippen molar-refractivity contribution in [2.45, 2.75) is 13.5 Å². The van der Waals surface area contributed by atoms with Gasteiger partial charge in [-0.05, 0) is 72.7 Å². The van der Waals surface area contributed by atoms with Crippen molar-refractivity contribution < 1.29 is 14.3 Å². The second-order valence-electron chi connectivity index (χ2n) is 8.11. The average Bonchev–Trinajstić information content (AvgIpc) is 3.12. The van der Waals surface area contributed by atoms with Gasteiger partial charge in [0.1, 0.15) is 6.61 Å². The SMILES string of the molecule is CCOc1cc(/C=C2/SC(=S)N(c3ccc(N(C)C)cc3)C2=O)cc(Cl)c1OCc1ccc(Cl)cc1. The average molecular weight is 560 g/mol. The number of thiocarbonyl (C=S) groups is 1. The van der Waals surface area contributed by atoms with E-state index in [1.54, 1.807) is 29.2 Å². The Bertz CT molecular complexity index is 1310. The first-order chi connectivity index (χ1) is 17.3. The maximum absolute atomic E-state index is 13.2. The Balaban J connectivity index is 1.57. The molecule has 1 fully saturated rings. The van der Waals surface area contributed by atoms with Gasteiger partial charge in [-0.25, -0.2) is 0 Å². The van der Waals surface area contributed by atoms with Gasteiger partial charge >= 0.3 is 0 Å². The summed E-state index contributed by atoms with van der Waals surface area (Å²) in [4.78, 5) is 17.3. The normalized spacial score (nSPS) is 14.5. The Kier molecular flexibility index (Phi) is 8.46. The maximum atomic E-state index is 13.2. The van der Waals surface area contributed by atoms with E-state index < -0.39 is 0 Å². The highest BCUT2D eigenvalue weighted by Gasteiger charge is 2.33. The van der Waals surface area contributed by atoms with Gasteiger partial charge in [-0.2, -0.15) is 0 Å². The number of amides is 1. The summed E-state index contributed by atoms with van der Waals surface area (Å²) in [6.45, 7) is 2.62. The van der Waals surface area contributed by atoms with Crippen molar-refractivity contribution in [1.29, 1.82) is 0 Å². The van der Waals surface area contributed by atoms with Crippen LogP contribution in [0.15, 0.2) is 65.6 Å². The third kappa shape index (κ3) is 5.98.